The maximum Gasteiger partial charge on any atom is 0.248 e. The van der Waals surface area contributed by atoms with E-state index in [1.807, 2.05) is 30.3 Å². The monoisotopic (exact) mass is 340 g/mol. The van der Waals surface area contributed by atoms with Gasteiger partial charge < -0.3 is 0 Å². The highest BCUT2D eigenvalue weighted by Gasteiger charge is 2.09. The van der Waals surface area contributed by atoms with Crippen LogP contribution in [0.25, 0.3) is 5.69 Å². The van der Waals surface area contributed by atoms with Gasteiger partial charge in [0.15, 0.2) is 8.29 Å². The summed E-state index contributed by atoms with van der Waals surface area (Å²) >= 11 is 7.87. The summed E-state index contributed by atoms with van der Waals surface area (Å²) in [5, 5.41) is 4.37. The number of nitrogens with zero attached hydrogens (tertiary/aromatic N) is 2. The van der Waals surface area contributed by atoms with Crippen LogP contribution in [-0.4, -0.2) is 27.3 Å². The summed E-state index contributed by atoms with van der Waals surface area (Å²) < 4.78 is 2.97. The Morgan fingerprint density at radius 3 is 2.71 bits per heavy atom. The number of hydrazine groups is 1. The van der Waals surface area contributed by atoms with Gasteiger partial charge in [-0.05, 0) is 24.4 Å². The fraction of sp³-hybridized carbons (Fsp3) is 0.167. The predicted octanol–water partition coefficient (Wildman–Crippen LogP) is 1.92. The summed E-state index contributed by atoms with van der Waals surface area (Å²) in [6.07, 6.45) is 0. The van der Waals surface area contributed by atoms with Gasteiger partial charge in [0.25, 0.3) is 0 Å². The van der Waals surface area contributed by atoms with E-state index < -0.39 is 0 Å². The third kappa shape index (κ3) is 4.66. The number of aromatic nitrogens is 2. The van der Waals surface area contributed by atoms with E-state index in [1.165, 1.54) is 30.0 Å². The molecule has 9 heteroatoms. The quantitative estimate of drug-likeness (QED) is 0.505. The van der Waals surface area contributed by atoms with Crippen molar-refractivity contribution in [3.05, 3.63) is 34.3 Å². The Bertz CT molecular complexity index is 696. The number of para-hydroxylation sites is 1. The third-order valence-corrected chi connectivity index (χ3v) is 4.60. The molecule has 0 spiro atoms. The summed E-state index contributed by atoms with van der Waals surface area (Å²) in [4.78, 5) is 22.1. The zero-order valence-electron chi connectivity index (χ0n) is 11.0. The van der Waals surface area contributed by atoms with Gasteiger partial charge in [-0.3, -0.25) is 20.4 Å². The number of rotatable bonds is 4. The van der Waals surface area contributed by atoms with Crippen molar-refractivity contribution in [2.24, 2.45) is 0 Å². The zero-order chi connectivity index (χ0) is 15.2. The van der Waals surface area contributed by atoms with Crippen LogP contribution in [0, 0.1) is 3.95 Å². The second-order valence-corrected chi connectivity index (χ2v) is 6.74. The molecular weight excluding hydrogens is 328 g/mol. The molecule has 0 bridgehead atoms. The summed E-state index contributed by atoms with van der Waals surface area (Å²) in [7, 11) is 0. The minimum absolute atomic E-state index is 0.150. The maximum absolute atomic E-state index is 11.5. The molecule has 21 heavy (non-hydrogen) atoms. The fourth-order valence-electron chi connectivity index (χ4n) is 1.37. The van der Waals surface area contributed by atoms with E-state index in [1.54, 1.807) is 4.68 Å². The number of nitrogens with one attached hydrogen (secondary N) is 2. The van der Waals surface area contributed by atoms with Crippen LogP contribution < -0.4 is 10.9 Å². The van der Waals surface area contributed by atoms with E-state index in [2.05, 4.69) is 16.0 Å². The van der Waals surface area contributed by atoms with Crippen LogP contribution in [0.5, 0.6) is 0 Å². The molecule has 2 rings (SSSR count). The number of carbonyl (C=O) groups is 2. The minimum Gasteiger partial charge on any atom is -0.274 e. The number of thioether (sulfide) groups is 1. The Balaban J connectivity index is 1.98. The first kappa shape index (κ1) is 15.7. The van der Waals surface area contributed by atoms with Crippen LogP contribution in [0.3, 0.4) is 0 Å². The average Bonchev–Trinajstić information content (AvgIpc) is 2.85. The van der Waals surface area contributed by atoms with Crippen molar-refractivity contribution in [3.63, 3.8) is 0 Å². The smallest absolute Gasteiger partial charge is 0.248 e. The third-order valence-electron chi connectivity index (χ3n) is 2.23. The van der Waals surface area contributed by atoms with E-state index >= 15 is 0 Å². The molecule has 0 radical (unpaired) electrons. The number of benzene rings is 1. The first-order valence-electron chi connectivity index (χ1n) is 5.90. The van der Waals surface area contributed by atoms with E-state index in [0.717, 1.165) is 5.69 Å². The molecule has 0 aliphatic heterocycles. The van der Waals surface area contributed by atoms with Crippen molar-refractivity contribution in [2.75, 3.05) is 5.75 Å². The molecule has 0 saturated heterocycles. The van der Waals surface area contributed by atoms with Gasteiger partial charge in [-0.1, -0.05) is 41.3 Å². The van der Waals surface area contributed by atoms with Crippen molar-refractivity contribution < 1.29 is 9.59 Å². The Kier molecular flexibility index (Phi) is 5.48. The molecule has 6 nitrogen and oxygen atoms in total. The summed E-state index contributed by atoms with van der Waals surface area (Å²) in [5.41, 5.74) is 5.40. The van der Waals surface area contributed by atoms with Crippen molar-refractivity contribution >= 4 is 47.1 Å². The van der Waals surface area contributed by atoms with Gasteiger partial charge in [-0.2, -0.15) is 0 Å². The highest BCUT2D eigenvalue weighted by atomic mass is 32.2. The fourth-order valence-corrected chi connectivity index (χ4v) is 3.53. The lowest BCUT2D eigenvalue weighted by Crippen LogP contribution is -2.41. The van der Waals surface area contributed by atoms with E-state index in [4.69, 9.17) is 12.2 Å². The van der Waals surface area contributed by atoms with Crippen LogP contribution >= 0.6 is 35.3 Å². The van der Waals surface area contributed by atoms with Crippen LogP contribution in [0.2, 0.25) is 0 Å². The standard InChI is InChI=1S/C12H12N4O2S3/c1-8(17)13-14-10(18)7-20-11-15-16(12(19)21-11)9-5-3-2-4-6-9/h2-6H,7H2,1H3,(H,13,17)(H,14,18). The van der Waals surface area contributed by atoms with Gasteiger partial charge in [0.1, 0.15) is 0 Å². The normalized spacial score (nSPS) is 10.1. The zero-order valence-corrected chi connectivity index (χ0v) is 13.5. The van der Waals surface area contributed by atoms with Gasteiger partial charge in [0.2, 0.25) is 11.8 Å². The highest BCUT2D eigenvalue weighted by molar-refractivity contribution is 8.01. The van der Waals surface area contributed by atoms with E-state index in [9.17, 15) is 9.59 Å². The van der Waals surface area contributed by atoms with Crippen molar-refractivity contribution in [1.29, 1.82) is 0 Å². The number of hydrogen-bond acceptors (Lipinski definition) is 6. The molecule has 2 aromatic rings. The minimum atomic E-state index is -0.322. The molecule has 0 unspecified atom stereocenters. The van der Waals surface area contributed by atoms with Gasteiger partial charge in [-0.15, -0.1) is 5.10 Å². The van der Waals surface area contributed by atoms with Gasteiger partial charge in [-0.25, -0.2) is 4.68 Å². The van der Waals surface area contributed by atoms with Crippen LogP contribution in [0.15, 0.2) is 34.7 Å². The molecule has 1 heterocycles. The number of hydrogen-bond donors (Lipinski definition) is 2. The van der Waals surface area contributed by atoms with Crippen molar-refractivity contribution in [3.8, 4) is 5.69 Å². The molecule has 2 N–H and O–H groups in total. The molecule has 1 aromatic carbocycles. The first-order valence-corrected chi connectivity index (χ1v) is 8.11. The summed E-state index contributed by atoms with van der Waals surface area (Å²) in [6, 6.07) is 9.55. The topological polar surface area (TPSA) is 76.0 Å². The first-order chi connectivity index (χ1) is 10.1. The van der Waals surface area contributed by atoms with Gasteiger partial charge in [0.05, 0.1) is 11.4 Å². The Hall–Kier alpha value is -1.71. The SMILES string of the molecule is CC(=O)NNC(=O)CSc1nn(-c2ccccc2)c(=S)s1. The number of carbonyl (C=O) groups excluding carboxylic acids is 2. The lowest BCUT2D eigenvalue weighted by Gasteiger charge is -2.03. The van der Waals surface area contributed by atoms with Gasteiger partial charge in [0, 0.05) is 6.92 Å². The summed E-state index contributed by atoms with van der Waals surface area (Å²) in [6.45, 7) is 1.32. The van der Waals surface area contributed by atoms with Crippen LogP contribution in [0.4, 0.5) is 0 Å². The molecule has 0 fully saturated rings. The largest absolute Gasteiger partial charge is 0.274 e. The summed E-state index contributed by atoms with van der Waals surface area (Å²) in [5.74, 6) is -0.475. The lowest BCUT2D eigenvalue weighted by molar-refractivity contribution is -0.126. The second kappa shape index (κ2) is 7.34. The molecule has 2 amide bonds. The van der Waals surface area contributed by atoms with Crippen molar-refractivity contribution in [1.82, 2.24) is 20.6 Å². The van der Waals surface area contributed by atoms with Crippen molar-refractivity contribution in [2.45, 2.75) is 11.3 Å². The molecular formula is C12H12N4O2S3. The average molecular weight is 340 g/mol. The Labute approximate surface area is 134 Å². The van der Waals surface area contributed by atoms with E-state index in [-0.39, 0.29) is 17.6 Å². The van der Waals surface area contributed by atoms with Crippen LogP contribution in [0.1, 0.15) is 6.92 Å². The molecule has 0 atom stereocenters. The highest BCUT2D eigenvalue weighted by Crippen LogP contribution is 2.23. The predicted molar refractivity (Wildman–Crippen MR) is 85.0 cm³/mol. The number of amides is 2. The van der Waals surface area contributed by atoms with E-state index in [0.29, 0.717) is 8.29 Å². The Morgan fingerprint density at radius 1 is 1.33 bits per heavy atom. The maximum atomic E-state index is 11.5. The molecule has 110 valence electrons. The molecule has 0 aliphatic carbocycles. The van der Waals surface area contributed by atoms with Crippen LogP contribution in [-0.2, 0) is 9.59 Å². The molecule has 0 aliphatic rings. The Morgan fingerprint density at radius 2 is 2.05 bits per heavy atom. The second-order valence-electron chi connectivity index (χ2n) is 3.90. The lowest BCUT2D eigenvalue weighted by atomic mass is 10.3. The molecule has 1 aromatic heterocycles. The molecule has 0 saturated carbocycles. The van der Waals surface area contributed by atoms with Gasteiger partial charge >= 0.3 is 0 Å².